The minimum atomic E-state index is -0.490. The van der Waals surface area contributed by atoms with E-state index in [-0.39, 0.29) is 18.6 Å². The third kappa shape index (κ3) is 2.74. The van der Waals surface area contributed by atoms with Crippen LogP contribution in [0.2, 0.25) is 0 Å². The normalized spacial score (nSPS) is 29.5. The Bertz CT molecular complexity index is 368. The molecule has 1 saturated heterocycles. The highest BCUT2D eigenvalue weighted by Crippen LogP contribution is 2.40. The molecule has 2 fully saturated rings. The summed E-state index contributed by atoms with van der Waals surface area (Å²) in [7, 11) is 1.36. The van der Waals surface area contributed by atoms with E-state index in [1.807, 2.05) is 0 Å². The minimum absolute atomic E-state index is 0.121. The maximum atomic E-state index is 12.1. The molecule has 0 spiro atoms. The van der Waals surface area contributed by atoms with Crippen LogP contribution in [0.3, 0.4) is 0 Å². The number of nitrogens with zero attached hydrogens (tertiary/aromatic N) is 1. The summed E-state index contributed by atoms with van der Waals surface area (Å²) in [4.78, 5) is 25.6. The monoisotopic (exact) mass is 267 g/mol. The van der Waals surface area contributed by atoms with Crippen LogP contribution in [0.5, 0.6) is 0 Å². The lowest BCUT2D eigenvalue weighted by atomic mass is 9.85. The van der Waals surface area contributed by atoms with Crippen molar-refractivity contribution < 1.29 is 19.1 Å². The van der Waals surface area contributed by atoms with Gasteiger partial charge in [0.15, 0.2) is 0 Å². The number of carbonyl (C=O) groups is 2. The molecule has 0 aromatic carbocycles. The van der Waals surface area contributed by atoms with Gasteiger partial charge in [-0.25, -0.2) is 9.59 Å². The molecule has 1 heterocycles. The second-order valence-electron chi connectivity index (χ2n) is 5.16. The second kappa shape index (κ2) is 6.08. The van der Waals surface area contributed by atoms with Gasteiger partial charge in [0, 0.05) is 6.04 Å². The standard InChI is InChI=1S/C14H21NO4/c1-3-8-19-14(17)15-11-7-5-4-6-10(11)9-12(15)13(16)18-2/h3,10-12H,1,4-9H2,2H3/t10-,11-,12-/m1/s1. The van der Waals surface area contributed by atoms with Gasteiger partial charge >= 0.3 is 12.1 Å². The number of carbonyl (C=O) groups excluding carboxylic acids is 2. The molecule has 0 aromatic rings. The first kappa shape index (κ1) is 13.9. The Hall–Kier alpha value is -1.52. The van der Waals surface area contributed by atoms with Gasteiger partial charge in [0.2, 0.25) is 0 Å². The predicted molar refractivity (Wildman–Crippen MR) is 69.6 cm³/mol. The zero-order chi connectivity index (χ0) is 13.8. The van der Waals surface area contributed by atoms with Gasteiger partial charge in [-0.2, -0.15) is 0 Å². The van der Waals surface area contributed by atoms with Crippen molar-refractivity contribution >= 4 is 12.1 Å². The molecule has 0 aromatic heterocycles. The molecule has 0 unspecified atom stereocenters. The SMILES string of the molecule is C=CCOC(=O)N1[C@@H](C(=O)OC)C[C@H]2CCCC[C@H]21. The van der Waals surface area contributed by atoms with Gasteiger partial charge in [-0.05, 0) is 25.2 Å². The molecule has 0 radical (unpaired) electrons. The Morgan fingerprint density at radius 3 is 2.79 bits per heavy atom. The maximum Gasteiger partial charge on any atom is 0.411 e. The van der Waals surface area contributed by atoms with E-state index < -0.39 is 12.1 Å². The first-order valence-corrected chi connectivity index (χ1v) is 6.82. The fourth-order valence-corrected chi connectivity index (χ4v) is 3.27. The molecular weight excluding hydrogens is 246 g/mol. The number of hydrogen-bond acceptors (Lipinski definition) is 4. The summed E-state index contributed by atoms with van der Waals surface area (Å²) in [6, 6.07) is -0.370. The zero-order valence-electron chi connectivity index (χ0n) is 11.3. The number of esters is 1. The minimum Gasteiger partial charge on any atom is -0.467 e. The van der Waals surface area contributed by atoms with E-state index in [1.54, 1.807) is 4.90 Å². The molecule has 1 saturated carbocycles. The molecule has 2 rings (SSSR count). The third-order valence-corrected chi connectivity index (χ3v) is 4.10. The number of hydrogen-bond donors (Lipinski definition) is 0. The van der Waals surface area contributed by atoms with Crippen LogP contribution in [0.1, 0.15) is 32.1 Å². The summed E-state index contributed by atoms with van der Waals surface area (Å²) in [5.41, 5.74) is 0. The molecular formula is C14H21NO4. The number of rotatable bonds is 3. The molecule has 106 valence electrons. The van der Waals surface area contributed by atoms with Crippen LogP contribution >= 0.6 is 0 Å². The van der Waals surface area contributed by atoms with Crippen LogP contribution in [0, 0.1) is 5.92 Å². The van der Waals surface area contributed by atoms with Crippen molar-refractivity contribution in [1.82, 2.24) is 4.90 Å². The van der Waals surface area contributed by atoms with E-state index in [1.165, 1.54) is 19.6 Å². The summed E-state index contributed by atoms with van der Waals surface area (Å²) in [5.74, 6) is 0.0547. The Morgan fingerprint density at radius 2 is 2.11 bits per heavy atom. The average Bonchev–Trinajstić information content (AvgIpc) is 2.83. The van der Waals surface area contributed by atoms with Gasteiger partial charge in [0.1, 0.15) is 12.6 Å². The molecule has 1 aliphatic heterocycles. The first-order chi connectivity index (χ1) is 9.19. The van der Waals surface area contributed by atoms with E-state index in [9.17, 15) is 9.59 Å². The maximum absolute atomic E-state index is 12.1. The second-order valence-corrected chi connectivity index (χ2v) is 5.16. The lowest BCUT2D eigenvalue weighted by Crippen LogP contribution is -2.46. The van der Waals surface area contributed by atoms with Gasteiger partial charge < -0.3 is 9.47 Å². The Balaban J connectivity index is 2.14. The Morgan fingerprint density at radius 1 is 1.37 bits per heavy atom. The van der Waals surface area contributed by atoms with Crippen molar-refractivity contribution in [3.05, 3.63) is 12.7 Å². The van der Waals surface area contributed by atoms with Gasteiger partial charge in [0.25, 0.3) is 0 Å². The number of fused-ring (bicyclic) bond motifs is 1. The molecule has 2 aliphatic rings. The summed E-state index contributed by atoms with van der Waals surface area (Å²) >= 11 is 0. The molecule has 1 amide bonds. The van der Waals surface area contributed by atoms with Crippen LogP contribution in [0.25, 0.3) is 0 Å². The van der Waals surface area contributed by atoms with Crippen molar-refractivity contribution in [2.75, 3.05) is 13.7 Å². The lowest BCUT2D eigenvalue weighted by Gasteiger charge is -2.32. The predicted octanol–water partition coefficient (Wildman–Crippen LogP) is 2.12. The largest absolute Gasteiger partial charge is 0.467 e. The van der Waals surface area contributed by atoms with E-state index in [0.29, 0.717) is 12.3 Å². The molecule has 0 N–H and O–H groups in total. The van der Waals surface area contributed by atoms with Crippen molar-refractivity contribution in [1.29, 1.82) is 0 Å². The summed E-state index contributed by atoms with van der Waals surface area (Å²) in [6.07, 6.45) is 6.08. The van der Waals surface area contributed by atoms with Crippen molar-refractivity contribution in [2.24, 2.45) is 5.92 Å². The van der Waals surface area contributed by atoms with Gasteiger partial charge in [-0.15, -0.1) is 0 Å². The molecule has 0 bridgehead atoms. The summed E-state index contributed by atoms with van der Waals surface area (Å²) < 4.78 is 9.93. The number of ether oxygens (including phenoxy) is 2. The van der Waals surface area contributed by atoms with Crippen LogP contribution in [0.4, 0.5) is 4.79 Å². The Kier molecular flexibility index (Phi) is 4.45. The van der Waals surface area contributed by atoms with Crippen LogP contribution in [-0.4, -0.2) is 42.8 Å². The van der Waals surface area contributed by atoms with Crippen molar-refractivity contribution in [3.63, 3.8) is 0 Å². The molecule has 5 heteroatoms. The van der Waals surface area contributed by atoms with E-state index >= 15 is 0 Å². The van der Waals surface area contributed by atoms with E-state index in [0.717, 1.165) is 19.3 Å². The summed E-state index contributed by atoms with van der Waals surface area (Å²) in [5, 5.41) is 0. The molecule has 5 nitrogen and oxygen atoms in total. The van der Waals surface area contributed by atoms with Gasteiger partial charge in [-0.3, -0.25) is 4.90 Å². The van der Waals surface area contributed by atoms with Gasteiger partial charge in [0.05, 0.1) is 7.11 Å². The molecule has 19 heavy (non-hydrogen) atoms. The highest BCUT2D eigenvalue weighted by molar-refractivity contribution is 5.82. The number of likely N-dealkylation sites (tertiary alicyclic amines) is 1. The Labute approximate surface area is 113 Å². The van der Waals surface area contributed by atoms with Gasteiger partial charge in [-0.1, -0.05) is 25.5 Å². The quantitative estimate of drug-likeness (QED) is 0.580. The highest BCUT2D eigenvalue weighted by Gasteiger charge is 2.48. The van der Waals surface area contributed by atoms with Crippen molar-refractivity contribution in [3.8, 4) is 0 Å². The van der Waals surface area contributed by atoms with Crippen LogP contribution < -0.4 is 0 Å². The zero-order valence-corrected chi connectivity index (χ0v) is 11.3. The van der Waals surface area contributed by atoms with E-state index in [4.69, 9.17) is 9.47 Å². The number of amides is 1. The lowest BCUT2D eigenvalue weighted by molar-refractivity contribution is -0.145. The topological polar surface area (TPSA) is 55.8 Å². The van der Waals surface area contributed by atoms with E-state index in [2.05, 4.69) is 6.58 Å². The fourth-order valence-electron chi connectivity index (χ4n) is 3.27. The first-order valence-electron chi connectivity index (χ1n) is 6.82. The summed E-state index contributed by atoms with van der Waals surface area (Å²) in [6.45, 7) is 3.69. The third-order valence-electron chi connectivity index (χ3n) is 4.10. The molecule has 3 atom stereocenters. The highest BCUT2D eigenvalue weighted by atomic mass is 16.6. The van der Waals surface area contributed by atoms with Crippen LogP contribution in [0.15, 0.2) is 12.7 Å². The van der Waals surface area contributed by atoms with Crippen molar-refractivity contribution in [2.45, 2.75) is 44.2 Å². The fraction of sp³-hybridized carbons (Fsp3) is 0.714. The molecule has 1 aliphatic carbocycles. The average molecular weight is 267 g/mol. The smallest absolute Gasteiger partial charge is 0.411 e. The number of methoxy groups -OCH3 is 1. The van der Waals surface area contributed by atoms with Crippen LogP contribution in [-0.2, 0) is 14.3 Å².